The molecule has 1 N–H and O–H groups in total. The van der Waals surface area contributed by atoms with Crippen LogP contribution in [0, 0.1) is 0 Å². The first-order valence-corrected chi connectivity index (χ1v) is 11.8. The molecule has 0 amide bonds. The molecule has 0 atom stereocenters. The van der Waals surface area contributed by atoms with Crippen molar-refractivity contribution in [2.45, 2.75) is 45.7 Å². The summed E-state index contributed by atoms with van der Waals surface area (Å²) >= 11 is 6.00. The zero-order chi connectivity index (χ0) is 22.7. The number of imidazole rings is 1. The van der Waals surface area contributed by atoms with Crippen molar-refractivity contribution in [3.63, 3.8) is 0 Å². The fourth-order valence-electron chi connectivity index (χ4n) is 4.33. The zero-order valence-electron chi connectivity index (χ0n) is 18.8. The molecule has 4 rings (SSSR count). The van der Waals surface area contributed by atoms with E-state index in [4.69, 9.17) is 16.6 Å². The van der Waals surface area contributed by atoms with Crippen LogP contribution < -0.4 is 16.1 Å². The van der Waals surface area contributed by atoms with Gasteiger partial charge in [0.25, 0.3) is 5.56 Å². The first kappa shape index (κ1) is 22.6. The number of piperazine rings is 1. The zero-order valence-corrected chi connectivity index (χ0v) is 19.6. The smallest absolute Gasteiger partial charge is 0.329 e. The number of hydrogen-bond donors (Lipinski definition) is 1. The molecule has 0 bridgehead atoms. The second-order valence-electron chi connectivity index (χ2n) is 8.50. The molecule has 3 aromatic rings. The van der Waals surface area contributed by atoms with E-state index in [1.807, 2.05) is 16.7 Å². The maximum atomic E-state index is 12.7. The molecule has 0 unspecified atom stereocenters. The Morgan fingerprint density at radius 2 is 1.75 bits per heavy atom. The summed E-state index contributed by atoms with van der Waals surface area (Å²) in [7, 11) is 1.66. The maximum Gasteiger partial charge on any atom is 0.329 e. The van der Waals surface area contributed by atoms with E-state index in [0.717, 1.165) is 69.5 Å². The average Bonchev–Trinajstić information content (AvgIpc) is 3.17. The highest BCUT2D eigenvalue weighted by Gasteiger charge is 2.24. The third-order valence-electron chi connectivity index (χ3n) is 6.20. The number of rotatable bonds is 8. The van der Waals surface area contributed by atoms with Gasteiger partial charge in [0.05, 0.1) is 0 Å². The number of nitrogens with one attached hydrogen (secondary N) is 1. The maximum absolute atomic E-state index is 12.7. The first-order chi connectivity index (χ1) is 15.5. The van der Waals surface area contributed by atoms with E-state index in [-0.39, 0.29) is 5.56 Å². The number of H-pyrrole nitrogens is 1. The Morgan fingerprint density at radius 1 is 1.03 bits per heavy atom. The molecule has 172 valence electrons. The van der Waals surface area contributed by atoms with Crippen molar-refractivity contribution in [1.29, 1.82) is 0 Å². The van der Waals surface area contributed by atoms with E-state index in [9.17, 15) is 9.59 Å². The molecule has 0 saturated carbocycles. The van der Waals surface area contributed by atoms with Gasteiger partial charge in [0, 0.05) is 51.3 Å². The standard InChI is InChI=1S/C23H31ClN6O2/c1-3-4-5-6-11-30-19-20(27(2)23(32)26-21(19)31)25-22(30)29-14-12-28(13-15-29)16-17-7-9-18(24)10-8-17/h7-10H,3-6,11-16H2,1-2H3,(H,26,31,32). The minimum atomic E-state index is -0.433. The fourth-order valence-corrected chi connectivity index (χ4v) is 4.45. The Balaban J connectivity index is 1.56. The van der Waals surface area contributed by atoms with Crippen molar-refractivity contribution >= 4 is 28.7 Å². The predicted octanol–water partition coefficient (Wildman–Crippen LogP) is 2.98. The van der Waals surface area contributed by atoms with Crippen LogP contribution in [0.1, 0.15) is 38.2 Å². The molecule has 8 nitrogen and oxygen atoms in total. The lowest BCUT2D eigenvalue weighted by molar-refractivity contribution is 0.248. The van der Waals surface area contributed by atoms with Crippen molar-refractivity contribution in [2.75, 3.05) is 31.1 Å². The summed E-state index contributed by atoms with van der Waals surface area (Å²) in [6, 6.07) is 7.99. The van der Waals surface area contributed by atoms with Gasteiger partial charge in [-0.25, -0.2) is 4.79 Å². The highest BCUT2D eigenvalue weighted by molar-refractivity contribution is 6.30. The van der Waals surface area contributed by atoms with Crippen LogP contribution in [0.15, 0.2) is 33.9 Å². The topological polar surface area (TPSA) is 79.2 Å². The number of benzene rings is 1. The average molecular weight is 459 g/mol. The van der Waals surface area contributed by atoms with Gasteiger partial charge in [0.2, 0.25) is 5.95 Å². The molecular weight excluding hydrogens is 428 g/mol. The van der Waals surface area contributed by atoms with Gasteiger partial charge in [0.15, 0.2) is 11.2 Å². The summed E-state index contributed by atoms with van der Waals surface area (Å²) in [5.74, 6) is 0.786. The molecule has 1 saturated heterocycles. The summed E-state index contributed by atoms with van der Waals surface area (Å²) < 4.78 is 3.44. The van der Waals surface area contributed by atoms with Crippen LogP contribution in [0.3, 0.4) is 0 Å². The minimum Gasteiger partial charge on any atom is -0.340 e. The lowest BCUT2D eigenvalue weighted by atomic mass is 10.2. The SMILES string of the molecule is CCCCCCn1c(N2CCN(Cc3ccc(Cl)cc3)CC2)nc2c1c(=O)[nH]c(=O)n2C. The van der Waals surface area contributed by atoms with Gasteiger partial charge in [-0.3, -0.25) is 19.2 Å². The Hall–Kier alpha value is -2.58. The number of aryl methyl sites for hydroxylation is 2. The van der Waals surface area contributed by atoms with E-state index < -0.39 is 5.69 Å². The number of unbranched alkanes of at least 4 members (excludes halogenated alkanes) is 3. The largest absolute Gasteiger partial charge is 0.340 e. The third kappa shape index (κ3) is 4.76. The molecule has 32 heavy (non-hydrogen) atoms. The summed E-state index contributed by atoms with van der Waals surface area (Å²) in [4.78, 5) is 36.6. The summed E-state index contributed by atoms with van der Waals surface area (Å²) in [6.45, 7) is 7.22. The van der Waals surface area contributed by atoms with Crippen molar-refractivity contribution in [3.05, 3.63) is 55.7 Å². The van der Waals surface area contributed by atoms with E-state index in [2.05, 4.69) is 33.8 Å². The molecule has 1 aliphatic rings. The molecule has 0 radical (unpaired) electrons. The number of halogens is 1. The van der Waals surface area contributed by atoms with E-state index in [1.165, 1.54) is 16.6 Å². The predicted molar refractivity (Wildman–Crippen MR) is 129 cm³/mol. The van der Waals surface area contributed by atoms with Gasteiger partial charge in [-0.05, 0) is 24.1 Å². The van der Waals surface area contributed by atoms with Gasteiger partial charge in [0.1, 0.15) is 0 Å². The molecule has 1 aliphatic heterocycles. The Labute approximate surface area is 192 Å². The number of hydrogen-bond acceptors (Lipinski definition) is 5. The van der Waals surface area contributed by atoms with Crippen LogP contribution in [0.2, 0.25) is 5.02 Å². The highest BCUT2D eigenvalue weighted by Crippen LogP contribution is 2.22. The van der Waals surface area contributed by atoms with Gasteiger partial charge in [-0.2, -0.15) is 4.98 Å². The molecular formula is C23H31ClN6O2. The molecule has 1 aromatic carbocycles. The van der Waals surface area contributed by atoms with Gasteiger partial charge >= 0.3 is 5.69 Å². The van der Waals surface area contributed by atoms with E-state index >= 15 is 0 Å². The number of aromatic amines is 1. The molecule has 3 heterocycles. The van der Waals surface area contributed by atoms with Crippen LogP contribution in [-0.4, -0.2) is 50.2 Å². The van der Waals surface area contributed by atoms with Crippen molar-refractivity contribution in [3.8, 4) is 0 Å². The third-order valence-corrected chi connectivity index (χ3v) is 6.45. The van der Waals surface area contributed by atoms with Crippen LogP contribution >= 0.6 is 11.6 Å². The monoisotopic (exact) mass is 458 g/mol. The molecule has 1 fully saturated rings. The lowest BCUT2D eigenvalue weighted by Gasteiger charge is -2.35. The minimum absolute atomic E-state index is 0.362. The van der Waals surface area contributed by atoms with Crippen LogP contribution in [0.25, 0.3) is 11.2 Å². The van der Waals surface area contributed by atoms with Gasteiger partial charge in [-0.15, -0.1) is 0 Å². The number of nitrogens with zero attached hydrogens (tertiary/aromatic N) is 5. The van der Waals surface area contributed by atoms with Crippen LogP contribution in [0.4, 0.5) is 5.95 Å². The summed E-state index contributed by atoms with van der Waals surface area (Å²) in [6.07, 6.45) is 4.40. The van der Waals surface area contributed by atoms with Crippen molar-refractivity contribution < 1.29 is 0 Å². The van der Waals surface area contributed by atoms with Crippen molar-refractivity contribution in [2.24, 2.45) is 7.05 Å². The van der Waals surface area contributed by atoms with E-state index in [0.29, 0.717) is 11.2 Å². The molecule has 0 spiro atoms. The Bertz CT molecular complexity index is 1170. The number of aromatic nitrogens is 4. The Kier molecular flexibility index (Phi) is 7.01. The second-order valence-corrected chi connectivity index (χ2v) is 8.94. The summed E-state index contributed by atoms with van der Waals surface area (Å²) in [5.41, 5.74) is 1.39. The number of anilines is 1. The van der Waals surface area contributed by atoms with Gasteiger partial charge in [-0.1, -0.05) is 49.9 Å². The quantitative estimate of drug-likeness (QED) is 0.525. The second kappa shape index (κ2) is 9.92. The fraction of sp³-hybridized carbons (Fsp3) is 0.522. The van der Waals surface area contributed by atoms with Gasteiger partial charge < -0.3 is 9.47 Å². The van der Waals surface area contributed by atoms with Crippen LogP contribution in [-0.2, 0) is 20.1 Å². The Morgan fingerprint density at radius 3 is 2.44 bits per heavy atom. The molecule has 0 aliphatic carbocycles. The van der Waals surface area contributed by atoms with Crippen LogP contribution in [0.5, 0.6) is 0 Å². The highest BCUT2D eigenvalue weighted by atomic mass is 35.5. The van der Waals surface area contributed by atoms with Crippen molar-refractivity contribution in [1.82, 2.24) is 24.0 Å². The normalized spacial score (nSPS) is 15.0. The number of fused-ring (bicyclic) bond motifs is 1. The molecule has 9 heteroatoms. The first-order valence-electron chi connectivity index (χ1n) is 11.4. The molecule has 2 aromatic heterocycles. The lowest BCUT2D eigenvalue weighted by Crippen LogP contribution is -2.46. The van der Waals surface area contributed by atoms with E-state index in [1.54, 1.807) is 7.05 Å². The summed E-state index contributed by atoms with van der Waals surface area (Å²) in [5, 5.41) is 0.751.